The van der Waals surface area contributed by atoms with E-state index in [1.54, 1.807) is 24.0 Å². The second-order valence-corrected chi connectivity index (χ2v) is 8.17. The first-order valence-corrected chi connectivity index (χ1v) is 9.47. The van der Waals surface area contributed by atoms with Crippen LogP contribution in [0.4, 0.5) is 4.79 Å². The zero-order chi connectivity index (χ0) is 19.5. The number of piperidine rings is 1. The normalized spacial score (nSPS) is 20.6. The van der Waals surface area contributed by atoms with Crippen molar-refractivity contribution in [1.29, 1.82) is 0 Å². The molecule has 7 heteroatoms. The Hall–Kier alpha value is -1.46. The van der Waals surface area contributed by atoms with Crippen molar-refractivity contribution in [2.45, 2.75) is 45.6 Å². The molecule has 1 aliphatic heterocycles. The Morgan fingerprint density at radius 2 is 1.92 bits per heavy atom. The van der Waals surface area contributed by atoms with Crippen molar-refractivity contribution < 1.29 is 19.1 Å². The predicted octanol–water partition coefficient (Wildman–Crippen LogP) is 4.90. The maximum absolute atomic E-state index is 12.5. The van der Waals surface area contributed by atoms with Crippen molar-refractivity contribution in [2.75, 3.05) is 19.7 Å². The summed E-state index contributed by atoms with van der Waals surface area (Å²) in [4.78, 5) is 26.5. The quantitative estimate of drug-likeness (QED) is 0.675. The second-order valence-electron chi connectivity index (χ2n) is 7.35. The van der Waals surface area contributed by atoms with Crippen LogP contribution in [-0.4, -0.2) is 42.3 Å². The number of likely N-dealkylation sites (tertiary alicyclic amines) is 1. The van der Waals surface area contributed by atoms with Crippen LogP contribution in [0.25, 0.3) is 0 Å². The largest absolute Gasteiger partial charge is 0.466 e. The summed E-state index contributed by atoms with van der Waals surface area (Å²) in [6, 6.07) is 5.37. The number of carbonyl (C=O) groups is 2. The van der Waals surface area contributed by atoms with Crippen molar-refractivity contribution in [3.63, 3.8) is 0 Å². The molecule has 2 rings (SSSR count). The van der Waals surface area contributed by atoms with Gasteiger partial charge in [-0.25, -0.2) is 4.79 Å². The van der Waals surface area contributed by atoms with Gasteiger partial charge in [0.2, 0.25) is 0 Å². The van der Waals surface area contributed by atoms with Crippen LogP contribution >= 0.6 is 23.2 Å². The summed E-state index contributed by atoms with van der Waals surface area (Å²) in [5.74, 6) is -0.896. The van der Waals surface area contributed by atoms with E-state index in [-0.39, 0.29) is 25.0 Å². The summed E-state index contributed by atoms with van der Waals surface area (Å²) in [6.07, 6.45) is 0.195. The van der Waals surface area contributed by atoms with E-state index in [1.165, 1.54) is 0 Å². The van der Waals surface area contributed by atoms with E-state index in [4.69, 9.17) is 32.7 Å². The summed E-state index contributed by atoms with van der Waals surface area (Å²) in [5, 5.41) is 0.913. The number of hydrogen-bond acceptors (Lipinski definition) is 4. The van der Waals surface area contributed by atoms with Crippen LogP contribution in [0.5, 0.6) is 0 Å². The van der Waals surface area contributed by atoms with Crippen molar-refractivity contribution in [1.82, 2.24) is 4.90 Å². The molecule has 26 heavy (non-hydrogen) atoms. The van der Waals surface area contributed by atoms with Gasteiger partial charge in [-0.15, -0.1) is 0 Å². The van der Waals surface area contributed by atoms with Gasteiger partial charge >= 0.3 is 12.1 Å². The minimum Gasteiger partial charge on any atom is -0.466 e. The Morgan fingerprint density at radius 1 is 1.23 bits per heavy atom. The lowest BCUT2D eigenvalue weighted by molar-refractivity contribution is -0.150. The molecule has 0 radical (unpaired) electrons. The summed E-state index contributed by atoms with van der Waals surface area (Å²) < 4.78 is 10.7. The van der Waals surface area contributed by atoms with E-state index in [9.17, 15) is 9.59 Å². The first-order valence-electron chi connectivity index (χ1n) is 8.72. The lowest BCUT2D eigenvalue weighted by atomic mass is 9.80. The van der Waals surface area contributed by atoms with Crippen LogP contribution < -0.4 is 0 Å². The average molecular weight is 402 g/mol. The van der Waals surface area contributed by atoms with Crippen LogP contribution in [0.15, 0.2) is 18.2 Å². The van der Waals surface area contributed by atoms with Crippen LogP contribution in [0, 0.1) is 5.92 Å². The zero-order valence-corrected chi connectivity index (χ0v) is 17.1. The molecule has 0 aliphatic carbocycles. The van der Waals surface area contributed by atoms with Gasteiger partial charge in [0, 0.05) is 19.0 Å². The average Bonchev–Trinajstić information content (AvgIpc) is 2.55. The number of halogens is 2. The number of ether oxygens (including phenoxy) is 2. The Labute approximate surface area is 164 Å². The van der Waals surface area contributed by atoms with Crippen LogP contribution in [0.1, 0.15) is 45.6 Å². The summed E-state index contributed by atoms with van der Waals surface area (Å²) in [5.41, 5.74) is 0.332. The Bertz CT molecular complexity index is 672. The first-order chi connectivity index (χ1) is 12.1. The van der Waals surface area contributed by atoms with Crippen molar-refractivity contribution in [3.8, 4) is 0 Å². The molecule has 0 spiro atoms. The van der Waals surface area contributed by atoms with E-state index < -0.39 is 17.6 Å². The van der Waals surface area contributed by atoms with Gasteiger partial charge in [0.15, 0.2) is 0 Å². The SMILES string of the molecule is CCOC(=O)[C@H]1CN(C(=O)OC(C)(C)C)CC[C@@H]1c1ccc(Cl)c(Cl)c1. The smallest absolute Gasteiger partial charge is 0.410 e. The van der Waals surface area contributed by atoms with E-state index in [1.807, 2.05) is 26.8 Å². The molecule has 0 saturated carbocycles. The highest BCUT2D eigenvalue weighted by Crippen LogP contribution is 2.37. The highest BCUT2D eigenvalue weighted by molar-refractivity contribution is 6.42. The molecule has 1 saturated heterocycles. The fourth-order valence-electron chi connectivity index (χ4n) is 3.07. The van der Waals surface area contributed by atoms with Crippen molar-refractivity contribution in [3.05, 3.63) is 33.8 Å². The third-order valence-corrected chi connectivity index (χ3v) is 4.96. The molecule has 1 aromatic rings. The summed E-state index contributed by atoms with van der Waals surface area (Å²) in [7, 11) is 0. The topological polar surface area (TPSA) is 55.8 Å². The number of hydrogen-bond donors (Lipinski definition) is 0. The van der Waals surface area contributed by atoms with Gasteiger partial charge in [0.25, 0.3) is 0 Å². The van der Waals surface area contributed by atoms with Gasteiger partial charge in [-0.1, -0.05) is 29.3 Å². The third-order valence-electron chi connectivity index (χ3n) is 4.23. The Kier molecular flexibility index (Phi) is 6.80. The molecule has 1 fully saturated rings. The van der Waals surface area contributed by atoms with Crippen LogP contribution in [-0.2, 0) is 14.3 Å². The zero-order valence-electron chi connectivity index (χ0n) is 15.6. The first kappa shape index (κ1) is 20.8. The molecule has 0 unspecified atom stereocenters. The second kappa shape index (κ2) is 8.49. The highest BCUT2D eigenvalue weighted by Gasteiger charge is 2.39. The molecular formula is C19H25Cl2NO4. The maximum atomic E-state index is 12.5. The lowest BCUT2D eigenvalue weighted by Gasteiger charge is -2.38. The highest BCUT2D eigenvalue weighted by atomic mass is 35.5. The van der Waals surface area contributed by atoms with Crippen molar-refractivity contribution in [2.24, 2.45) is 5.92 Å². The van der Waals surface area contributed by atoms with E-state index in [0.717, 1.165) is 5.56 Å². The summed E-state index contributed by atoms with van der Waals surface area (Å²) in [6.45, 7) is 8.24. The molecule has 1 aromatic carbocycles. The van der Waals surface area contributed by atoms with Gasteiger partial charge in [-0.2, -0.15) is 0 Å². The molecule has 0 N–H and O–H groups in total. The maximum Gasteiger partial charge on any atom is 0.410 e. The molecule has 1 aliphatic rings. The van der Waals surface area contributed by atoms with Gasteiger partial charge in [-0.3, -0.25) is 4.79 Å². The van der Waals surface area contributed by atoms with Crippen molar-refractivity contribution >= 4 is 35.3 Å². The standard InChI is InChI=1S/C19H25Cl2NO4/c1-5-25-17(23)14-11-22(18(24)26-19(2,3)4)9-8-13(14)12-6-7-15(20)16(21)10-12/h6-7,10,13-14H,5,8-9,11H2,1-4H3/t13-,14+/m1/s1. The molecule has 2 atom stereocenters. The van der Waals surface area contributed by atoms with Gasteiger partial charge in [0.05, 0.1) is 22.6 Å². The molecule has 1 heterocycles. The van der Waals surface area contributed by atoms with Gasteiger partial charge < -0.3 is 14.4 Å². The number of nitrogens with zero attached hydrogens (tertiary/aromatic N) is 1. The molecule has 5 nitrogen and oxygen atoms in total. The van der Waals surface area contributed by atoms with Crippen LogP contribution in [0.2, 0.25) is 10.0 Å². The molecule has 0 aromatic heterocycles. The summed E-state index contributed by atoms with van der Waals surface area (Å²) >= 11 is 12.1. The fourth-order valence-corrected chi connectivity index (χ4v) is 3.38. The lowest BCUT2D eigenvalue weighted by Crippen LogP contribution is -2.47. The monoisotopic (exact) mass is 401 g/mol. The van der Waals surface area contributed by atoms with Gasteiger partial charge in [-0.05, 0) is 51.8 Å². The molecule has 144 valence electrons. The van der Waals surface area contributed by atoms with Gasteiger partial charge in [0.1, 0.15) is 5.60 Å². The minimum atomic E-state index is -0.586. The molecular weight excluding hydrogens is 377 g/mol. The van der Waals surface area contributed by atoms with E-state index in [0.29, 0.717) is 23.0 Å². The fraction of sp³-hybridized carbons (Fsp3) is 0.579. The number of benzene rings is 1. The Morgan fingerprint density at radius 3 is 2.50 bits per heavy atom. The minimum absolute atomic E-state index is 0.0949. The third kappa shape index (κ3) is 5.27. The number of rotatable bonds is 3. The molecule has 0 bridgehead atoms. The number of carbonyl (C=O) groups excluding carboxylic acids is 2. The number of esters is 1. The van der Waals surface area contributed by atoms with Crippen LogP contribution in [0.3, 0.4) is 0 Å². The number of amides is 1. The molecule has 1 amide bonds. The Balaban J connectivity index is 2.23. The predicted molar refractivity (Wildman–Crippen MR) is 102 cm³/mol. The van der Waals surface area contributed by atoms with E-state index in [2.05, 4.69) is 0 Å². The van der Waals surface area contributed by atoms with E-state index >= 15 is 0 Å².